The number of hydrogen-bond donors (Lipinski definition) is 0. The van der Waals surface area contributed by atoms with Gasteiger partial charge in [-0.25, -0.2) is 8.42 Å². The molecule has 0 aliphatic heterocycles. The predicted molar refractivity (Wildman–Crippen MR) is 107 cm³/mol. The lowest BCUT2D eigenvalue weighted by atomic mass is 10.2. The Morgan fingerprint density at radius 2 is 1.50 bits per heavy atom. The largest absolute Gasteiger partial charge is 0.264 e. The van der Waals surface area contributed by atoms with Crippen molar-refractivity contribution in [3.63, 3.8) is 0 Å². The van der Waals surface area contributed by atoms with Crippen LogP contribution in [0.1, 0.15) is 11.1 Å². The Hall–Kier alpha value is -2.01. The van der Waals surface area contributed by atoms with Crippen molar-refractivity contribution < 1.29 is 8.42 Å². The van der Waals surface area contributed by atoms with E-state index in [9.17, 15) is 8.42 Å². The van der Waals surface area contributed by atoms with E-state index >= 15 is 0 Å². The molecule has 0 atom stereocenters. The summed E-state index contributed by atoms with van der Waals surface area (Å²) in [6, 6.07) is 20.9. The number of sulfonamides is 1. The van der Waals surface area contributed by atoms with Crippen LogP contribution in [0.5, 0.6) is 0 Å². The van der Waals surface area contributed by atoms with Gasteiger partial charge in [-0.15, -0.1) is 0 Å². The monoisotopic (exact) mass is 405 g/mol. The van der Waals surface area contributed by atoms with Gasteiger partial charge in [-0.3, -0.25) is 4.31 Å². The van der Waals surface area contributed by atoms with E-state index in [4.69, 9.17) is 23.2 Å². The first-order chi connectivity index (χ1) is 12.4. The lowest BCUT2D eigenvalue weighted by Crippen LogP contribution is -2.30. The van der Waals surface area contributed by atoms with Crippen molar-refractivity contribution in [3.8, 4) is 0 Å². The topological polar surface area (TPSA) is 37.4 Å². The van der Waals surface area contributed by atoms with E-state index in [1.54, 1.807) is 54.6 Å². The van der Waals surface area contributed by atoms with Crippen LogP contribution in [0.4, 0.5) is 5.69 Å². The summed E-state index contributed by atoms with van der Waals surface area (Å²) >= 11 is 12.1. The summed E-state index contributed by atoms with van der Waals surface area (Å²) in [4.78, 5) is 0.243. The molecule has 3 aromatic rings. The molecule has 134 valence electrons. The van der Waals surface area contributed by atoms with Crippen molar-refractivity contribution in [2.24, 2.45) is 0 Å². The highest BCUT2D eigenvalue weighted by atomic mass is 35.5. The highest BCUT2D eigenvalue weighted by Gasteiger charge is 2.25. The lowest BCUT2D eigenvalue weighted by Gasteiger charge is -2.25. The third kappa shape index (κ3) is 4.04. The first-order valence-corrected chi connectivity index (χ1v) is 10.2. The van der Waals surface area contributed by atoms with Crippen molar-refractivity contribution >= 4 is 38.9 Å². The average molecular weight is 406 g/mol. The van der Waals surface area contributed by atoms with Crippen LogP contribution in [-0.2, 0) is 16.6 Å². The molecule has 0 aliphatic carbocycles. The van der Waals surface area contributed by atoms with Crippen molar-refractivity contribution in [3.05, 3.63) is 94.0 Å². The molecule has 0 amide bonds. The van der Waals surface area contributed by atoms with Crippen molar-refractivity contribution in [2.45, 2.75) is 18.4 Å². The van der Waals surface area contributed by atoms with Gasteiger partial charge in [-0.1, -0.05) is 65.2 Å². The Morgan fingerprint density at radius 3 is 2.12 bits per heavy atom. The summed E-state index contributed by atoms with van der Waals surface area (Å²) in [5.41, 5.74) is 2.33. The fraction of sp³-hybridized carbons (Fsp3) is 0.100. The maximum Gasteiger partial charge on any atom is 0.264 e. The van der Waals surface area contributed by atoms with Crippen molar-refractivity contribution in [1.82, 2.24) is 0 Å². The van der Waals surface area contributed by atoms with Gasteiger partial charge in [0.05, 0.1) is 27.2 Å². The van der Waals surface area contributed by atoms with E-state index in [0.29, 0.717) is 15.7 Å². The summed E-state index contributed by atoms with van der Waals surface area (Å²) in [7, 11) is -3.73. The zero-order valence-corrected chi connectivity index (χ0v) is 16.4. The van der Waals surface area contributed by atoms with Gasteiger partial charge in [0.1, 0.15) is 0 Å². The SMILES string of the molecule is Cc1ccc(S(=O)(=O)N(Cc2ccc(Cl)c(Cl)c2)c2ccccc2)cc1. The van der Waals surface area contributed by atoms with Gasteiger partial charge in [-0.05, 0) is 48.9 Å². The molecule has 6 heteroatoms. The van der Waals surface area contributed by atoms with Gasteiger partial charge in [0.2, 0.25) is 0 Å². The summed E-state index contributed by atoms with van der Waals surface area (Å²) in [5.74, 6) is 0. The third-order valence-corrected chi connectivity index (χ3v) is 6.49. The third-order valence-electron chi connectivity index (χ3n) is 3.96. The normalized spacial score (nSPS) is 11.3. The molecule has 0 saturated carbocycles. The Kier molecular flexibility index (Phi) is 5.56. The predicted octanol–water partition coefficient (Wildman–Crippen LogP) is 5.70. The van der Waals surface area contributed by atoms with Crippen LogP contribution in [0.3, 0.4) is 0 Å². The summed E-state index contributed by atoms with van der Waals surface area (Å²) in [5, 5.41) is 0.827. The Morgan fingerprint density at radius 1 is 0.846 bits per heavy atom. The number of hydrogen-bond acceptors (Lipinski definition) is 2. The smallest absolute Gasteiger partial charge is 0.262 e. The number of anilines is 1. The van der Waals surface area contributed by atoms with E-state index in [2.05, 4.69) is 0 Å². The van der Waals surface area contributed by atoms with Crippen LogP contribution < -0.4 is 4.31 Å². The molecular formula is C20H17Cl2NO2S. The van der Waals surface area contributed by atoms with E-state index in [0.717, 1.165) is 11.1 Å². The maximum absolute atomic E-state index is 13.3. The molecule has 0 unspecified atom stereocenters. The van der Waals surface area contributed by atoms with Crippen LogP contribution in [-0.4, -0.2) is 8.42 Å². The summed E-state index contributed by atoms with van der Waals surface area (Å²) in [6.07, 6.45) is 0. The second-order valence-electron chi connectivity index (χ2n) is 5.91. The summed E-state index contributed by atoms with van der Waals surface area (Å²) < 4.78 is 27.9. The van der Waals surface area contributed by atoms with E-state index < -0.39 is 10.0 Å². The molecule has 0 radical (unpaired) electrons. The molecule has 0 N–H and O–H groups in total. The quantitative estimate of drug-likeness (QED) is 0.545. The average Bonchev–Trinajstić information content (AvgIpc) is 2.63. The molecule has 3 nitrogen and oxygen atoms in total. The van der Waals surface area contributed by atoms with Gasteiger partial charge in [0.15, 0.2) is 0 Å². The molecule has 0 aliphatic rings. The van der Waals surface area contributed by atoms with Gasteiger partial charge in [0.25, 0.3) is 10.0 Å². The zero-order chi connectivity index (χ0) is 18.7. The molecule has 0 bridgehead atoms. The molecule has 0 aromatic heterocycles. The van der Waals surface area contributed by atoms with Crippen LogP contribution in [0, 0.1) is 6.92 Å². The number of benzene rings is 3. The van der Waals surface area contributed by atoms with Gasteiger partial charge in [-0.2, -0.15) is 0 Å². The molecular weight excluding hydrogens is 389 g/mol. The van der Waals surface area contributed by atoms with Crippen molar-refractivity contribution in [2.75, 3.05) is 4.31 Å². The second-order valence-corrected chi connectivity index (χ2v) is 8.59. The minimum Gasteiger partial charge on any atom is -0.262 e. The molecule has 0 spiro atoms. The fourth-order valence-corrected chi connectivity index (χ4v) is 4.32. The number of halogens is 2. The van der Waals surface area contributed by atoms with Crippen LogP contribution in [0.25, 0.3) is 0 Å². The summed E-state index contributed by atoms with van der Waals surface area (Å²) in [6.45, 7) is 2.07. The van der Waals surface area contributed by atoms with E-state index in [1.807, 2.05) is 25.1 Å². The fourth-order valence-electron chi connectivity index (χ4n) is 2.55. The highest BCUT2D eigenvalue weighted by molar-refractivity contribution is 7.92. The lowest BCUT2D eigenvalue weighted by molar-refractivity contribution is 0.590. The molecule has 3 rings (SSSR count). The highest BCUT2D eigenvalue weighted by Crippen LogP contribution is 2.28. The number of nitrogens with zero attached hydrogens (tertiary/aromatic N) is 1. The molecule has 0 saturated heterocycles. The number of aryl methyl sites for hydroxylation is 1. The minimum atomic E-state index is -3.73. The molecule has 0 heterocycles. The van der Waals surface area contributed by atoms with E-state index in [1.165, 1.54) is 4.31 Å². The molecule has 0 fully saturated rings. The van der Waals surface area contributed by atoms with Crippen LogP contribution >= 0.6 is 23.2 Å². The first-order valence-electron chi connectivity index (χ1n) is 7.96. The maximum atomic E-state index is 13.3. The van der Waals surface area contributed by atoms with Gasteiger partial charge in [0, 0.05) is 0 Å². The van der Waals surface area contributed by atoms with Crippen molar-refractivity contribution in [1.29, 1.82) is 0 Å². The van der Waals surface area contributed by atoms with Gasteiger partial charge < -0.3 is 0 Å². The Balaban J connectivity index is 2.06. The second kappa shape index (κ2) is 7.70. The minimum absolute atomic E-state index is 0.150. The Labute approximate surface area is 163 Å². The Bertz CT molecular complexity index is 1000. The first kappa shape index (κ1) is 18.8. The van der Waals surface area contributed by atoms with Crippen LogP contribution in [0.15, 0.2) is 77.7 Å². The zero-order valence-electron chi connectivity index (χ0n) is 14.1. The van der Waals surface area contributed by atoms with Crippen LogP contribution in [0.2, 0.25) is 10.0 Å². The van der Waals surface area contributed by atoms with E-state index in [-0.39, 0.29) is 11.4 Å². The number of para-hydroxylation sites is 1. The van der Waals surface area contributed by atoms with Gasteiger partial charge >= 0.3 is 0 Å². The molecule has 3 aromatic carbocycles. The number of rotatable bonds is 5. The molecule has 26 heavy (non-hydrogen) atoms. The standard InChI is InChI=1S/C20H17Cl2NO2S/c1-15-7-10-18(11-8-15)26(24,25)23(17-5-3-2-4-6-17)14-16-9-12-19(21)20(22)13-16/h2-13H,14H2,1H3.